The molecule has 0 aliphatic carbocycles. The van der Waals surface area contributed by atoms with Crippen molar-refractivity contribution in [3.05, 3.63) is 65.7 Å². The quantitative estimate of drug-likeness (QED) is 0.664. The zero-order chi connectivity index (χ0) is 21.1. The van der Waals surface area contributed by atoms with Crippen molar-refractivity contribution in [2.75, 3.05) is 32.8 Å². The summed E-state index contributed by atoms with van der Waals surface area (Å²) < 4.78 is 19.5. The van der Waals surface area contributed by atoms with Gasteiger partial charge in [-0.2, -0.15) is 0 Å². The number of halogens is 1. The van der Waals surface area contributed by atoms with Crippen molar-refractivity contribution in [3.8, 4) is 5.75 Å². The van der Waals surface area contributed by atoms with E-state index in [2.05, 4.69) is 9.97 Å². The molecule has 4 rings (SSSR count). The first-order valence-corrected chi connectivity index (χ1v) is 9.79. The summed E-state index contributed by atoms with van der Waals surface area (Å²) >= 11 is 0. The number of hydrogen-bond donors (Lipinski definition) is 0. The Balaban J connectivity index is 1.49. The maximum absolute atomic E-state index is 14.0. The van der Waals surface area contributed by atoms with Gasteiger partial charge >= 0.3 is 0 Å². The highest BCUT2D eigenvalue weighted by molar-refractivity contribution is 6.05. The third kappa shape index (κ3) is 3.80. The van der Waals surface area contributed by atoms with Gasteiger partial charge in [-0.25, -0.2) is 4.39 Å². The Hall–Kier alpha value is -3.55. The molecule has 0 N–H and O–H groups in total. The van der Waals surface area contributed by atoms with Crippen LogP contribution in [-0.2, 0) is 0 Å². The summed E-state index contributed by atoms with van der Waals surface area (Å²) in [6.07, 6.45) is 2.93. The van der Waals surface area contributed by atoms with Gasteiger partial charge in [0.05, 0.1) is 23.3 Å². The number of fused-ring (bicyclic) bond motifs is 1. The van der Waals surface area contributed by atoms with E-state index < -0.39 is 5.82 Å². The van der Waals surface area contributed by atoms with Gasteiger partial charge < -0.3 is 14.5 Å². The van der Waals surface area contributed by atoms with Crippen molar-refractivity contribution < 1.29 is 18.7 Å². The van der Waals surface area contributed by atoms with E-state index in [1.165, 1.54) is 24.5 Å². The van der Waals surface area contributed by atoms with Crippen LogP contribution in [0.15, 0.2) is 48.8 Å². The molecule has 154 valence electrons. The van der Waals surface area contributed by atoms with Crippen LogP contribution < -0.4 is 4.74 Å². The Bertz CT molecular complexity index is 1100. The Morgan fingerprint density at radius 1 is 0.967 bits per heavy atom. The number of benzene rings is 2. The smallest absolute Gasteiger partial charge is 0.257 e. The van der Waals surface area contributed by atoms with Gasteiger partial charge in [-0.1, -0.05) is 12.1 Å². The van der Waals surface area contributed by atoms with Crippen molar-refractivity contribution in [1.82, 2.24) is 19.8 Å². The van der Waals surface area contributed by atoms with Gasteiger partial charge in [0.2, 0.25) is 0 Å². The van der Waals surface area contributed by atoms with Gasteiger partial charge in [-0.3, -0.25) is 19.6 Å². The largest absolute Gasteiger partial charge is 0.493 e. The molecule has 3 aromatic rings. The molecule has 0 atom stereocenters. The molecule has 0 unspecified atom stereocenters. The highest BCUT2D eigenvalue weighted by Gasteiger charge is 2.28. The number of carbonyl (C=O) groups is 2. The number of nitrogens with zero attached hydrogens (tertiary/aromatic N) is 4. The summed E-state index contributed by atoms with van der Waals surface area (Å²) in [6.45, 7) is 3.79. The predicted molar refractivity (Wildman–Crippen MR) is 109 cm³/mol. The van der Waals surface area contributed by atoms with E-state index in [1.807, 2.05) is 13.0 Å². The van der Waals surface area contributed by atoms with Crippen LogP contribution in [0.2, 0.25) is 0 Å². The zero-order valence-corrected chi connectivity index (χ0v) is 16.5. The van der Waals surface area contributed by atoms with Crippen molar-refractivity contribution >= 4 is 22.8 Å². The third-order valence-corrected chi connectivity index (χ3v) is 5.04. The molecule has 1 saturated heterocycles. The molecule has 2 amide bonds. The van der Waals surface area contributed by atoms with Crippen molar-refractivity contribution in [1.29, 1.82) is 0 Å². The highest BCUT2D eigenvalue weighted by Crippen LogP contribution is 2.22. The Morgan fingerprint density at radius 2 is 1.60 bits per heavy atom. The summed E-state index contributed by atoms with van der Waals surface area (Å²) in [5, 5.41) is 0. The predicted octanol–water partition coefficient (Wildman–Crippen LogP) is 2.77. The molecular weight excluding hydrogens is 387 g/mol. The Morgan fingerprint density at radius 3 is 2.30 bits per heavy atom. The second kappa shape index (κ2) is 8.44. The average Bonchev–Trinajstić information content (AvgIpc) is 2.78. The van der Waals surface area contributed by atoms with Crippen LogP contribution in [0.4, 0.5) is 4.39 Å². The second-order valence-electron chi connectivity index (χ2n) is 6.89. The number of piperazine rings is 1. The van der Waals surface area contributed by atoms with E-state index in [0.717, 1.165) is 0 Å². The first-order valence-electron chi connectivity index (χ1n) is 9.79. The molecule has 1 fully saturated rings. The van der Waals surface area contributed by atoms with Gasteiger partial charge in [-0.15, -0.1) is 0 Å². The number of ether oxygens (including phenoxy) is 1. The van der Waals surface area contributed by atoms with E-state index in [9.17, 15) is 14.0 Å². The maximum atomic E-state index is 14.0. The van der Waals surface area contributed by atoms with Crippen molar-refractivity contribution in [2.24, 2.45) is 0 Å². The molecule has 1 aliphatic rings. The maximum Gasteiger partial charge on any atom is 0.257 e. The van der Waals surface area contributed by atoms with E-state index >= 15 is 0 Å². The fourth-order valence-corrected chi connectivity index (χ4v) is 3.58. The van der Waals surface area contributed by atoms with Gasteiger partial charge in [0, 0.05) is 44.6 Å². The third-order valence-electron chi connectivity index (χ3n) is 5.04. The van der Waals surface area contributed by atoms with Crippen LogP contribution in [0.3, 0.4) is 0 Å². The molecule has 0 radical (unpaired) electrons. The van der Waals surface area contributed by atoms with Crippen LogP contribution in [0.1, 0.15) is 27.6 Å². The lowest BCUT2D eigenvalue weighted by atomic mass is 10.1. The number of hydrogen-bond acceptors (Lipinski definition) is 5. The van der Waals surface area contributed by atoms with Crippen LogP contribution in [0.5, 0.6) is 5.75 Å². The van der Waals surface area contributed by atoms with E-state index in [-0.39, 0.29) is 17.4 Å². The summed E-state index contributed by atoms with van der Waals surface area (Å²) in [7, 11) is 0. The van der Waals surface area contributed by atoms with Crippen LogP contribution in [0, 0.1) is 5.82 Å². The molecule has 0 bridgehead atoms. The lowest BCUT2D eigenvalue weighted by molar-refractivity contribution is 0.0534. The molecule has 0 spiro atoms. The molecule has 7 nitrogen and oxygen atoms in total. The summed E-state index contributed by atoms with van der Waals surface area (Å²) in [4.78, 5) is 37.5. The van der Waals surface area contributed by atoms with Crippen molar-refractivity contribution in [2.45, 2.75) is 6.92 Å². The molecule has 0 saturated carbocycles. The highest BCUT2D eigenvalue weighted by atomic mass is 19.1. The molecule has 30 heavy (non-hydrogen) atoms. The molecule has 2 aromatic carbocycles. The SMILES string of the molecule is CCOc1ccccc1C(=O)N1CCN(C(=O)c2cc(F)cc3nccnc23)CC1. The topological polar surface area (TPSA) is 75.6 Å². The summed E-state index contributed by atoms with van der Waals surface area (Å²) in [5.74, 6) is -0.434. The number of aromatic nitrogens is 2. The minimum atomic E-state index is -0.535. The molecule has 1 aliphatic heterocycles. The number of rotatable bonds is 4. The van der Waals surface area contributed by atoms with Gasteiger partial charge in [0.25, 0.3) is 11.8 Å². The Labute approximate surface area is 173 Å². The van der Waals surface area contributed by atoms with Crippen molar-refractivity contribution in [3.63, 3.8) is 0 Å². The Kier molecular flexibility index (Phi) is 5.56. The van der Waals surface area contributed by atoms with E-state index in [1.54, 1.807) is 28.0 Å². The molecule has 2 heterocycles. The van der Waals surface area contributed by atoms with Gasteiger partial charge in [0.15, 0.2) is 0 Å². The van der Waals surface area contributed by atoms with Crippen LogP contribution >= 0.6 is 0 Å². The van der Waals surface area contributed by atoms with E-state index in [0.29, 0.717) is 55.1 Å². The zero-order valence-electron chi connectivity index (χ0n) is 16.5. The normalized spacial score (nSPS) is 14.1. The minimum Gasteiger partial charge on any atom is -0.493 e. The lowest BCUT2D eigenvalue weighted by Crippen LogP contribution is -2.50. The number of para-hydroxylation sites is 1. The van der Waals surface area contributed by atoms with Gasteiger partial charge in [-0.05, 0) is 25.1 Å². The van der Waals surface area contributed by atoms with Crippen LogP contribution in [0.25, 0.3) is 11.0 Å². The summed E-state index contributed by atoms with van der Waals surface area (Å²) in [6, 6.07) is 9.58. The molecular formula is C22H21FN4O3. The number of amides is 2. The fraction of sp³-hybridized carbons (Fsp3) is 0.273. The first-order chi connectivity index (χ1) is 14.6. The summed E-state index contributed by atoms with van der Waals surface area (Å²) in [5.41, 5.74) is 1.39. The average molecular weight is 408 g/mol. The monoisotopic (exact) mass is 408 g/mol. The fourth-order valence-electron chi connectivity index (χ4n) is 3.58. The standard InChI is InChI=1S/C22H21FN4O3/c1-2-30-19-6-4-3-5-16(19)21(28)26-9-11-27(12-10-26)22(29)17-13-15(23)14-18-20(17)25-8-7-24-18/h3-8,13-14H,2,9-12H2,1H3. The molecule has 1 aromatic heterocycles. The lowest BCUT2D eigenvalue weighted by Gasteiger charge is -2.35. The van der Waals surface area contributed by atoms with E-state index in [4.69, 9.17) is 4.74 Å². The second-order valence-corrected chi connectivity index (χ2v) is 6.89. The minimum absolute atomic E-state index is 0.131. The molecule has 8 heteroatoms. The first kappa shape index (κ1) is 19.8. The number of carbonyl (C=O) groups excluding carboxylic acids is 2. The van der Waals surface area contributed by atoms with Crippen LogP contribution in [-0.4, -0.2) is 64.4 Å². The van der Waals surface area contributed by atoms with Gasteiger partial charge in [0.1, 0.15) is 17.1 Å².